The van der Waals surface area contributed by atoms with Crippen molar-refractivity contribution in [2.75, 3.05) is 6.61 Å². The standard InChI is InChI=1S/C29H28F5O2P/c30-24-13-17(5-9-21(24)22-11-12-23(25-14-36-25)29(34)28(22)33)2-1-16-3-6-18(7-4-16)20-10-8-19(15-37-35)26(31)27(20)32/h5,8-13,16,18,25,35,37H,1-4,6-7,14-15H2. The van der Waals surface area contributed by atoms with Crippen LogP contribution in [0.1, 0.15) is 66.4 Å². The average Bonchev–Trinajstić information content (AvgIpc) is 3.74. The summed E-state index contributed by atoms with van der Waals surface area (Å²) in [6, 6.07) is 10.7. The van der Waals surface area contributed by atoms with E-state index in [4.69, 9.17) is 9.63 Å². The van der Waals surface area contributed by atoms with E-state index in [2.05, 4.69) is 0 Å². The number of aryl methyl sites for hydroxylation is 1. The fourth-order valence-electron chi connectivity index (χ4n) is 5.46. The van der Waals surface area contributed by atoms with Crippen LogP contribution in [0, 0.1) is 35.0 Å². The Morgan fingerprint density at radius 1 is 0.784 bits per heavy atom. The first-order valence-electron chi connectivity index (χ1n) is 12.6. The van der Waals surface area contributed by atoms with Crippen LogP contribution in [0.4, 0.5) is 22.0 Å². The van der Waals surface area contributed by atoms with Gasteiger partial charge in [0.2, 0.25) is 0 Å². The molecular formula is C29H28F5O2P. The van der Waals surface area contributed by atoms with Gasteiger partial charge >= 0.3 is 0 Å². The molecule has 2 atom stereocenters. The first-order chi connectivity index (χ1) is 17.9. The van der Waals surface area contributed by atoms with Gasteiger partial charge in [0.1, 0.15) is 11.9 Å². The van der Waals surface area contributed by atoms with E-state index in [0.29, 0.717) is 24.5 Å². The topological polar surface area (TPSA) is 32.8 Å². The highest BCUT2D eigenvalue weighted by Crippen LogP contribution is 2.40. The van der Waals surface area contributed by atoms with Gasteiger partial charge in [0.15, 0.2) is 23.3 Å². The third kappa shape index (κ3) is 5.59. The maximum absolute atomic E-state index is 14.9. The van der Waals surface area contributed by atoms with Gasteiger partial charge in [0.05, 0.1) is 6.61 Å². The second-order valence-electron chi connectivity index (χ2n) is 10.00. The normalized spacial score (nSPS) is 21.6. The Balaban J connectivity index is 1.18. The van der Waals surface area contributed by atoms with Crippen LogP contribution in [0.25, 0.3) is 11.1 Å². The van der Waals surface area contributed by atoms with E-state index < -0.39 is 44.0 Å². The summed E-state index contributed by atoms with van der Waals surface area (Å²) in [5, 5.41) is 0. The molecule has 2 nitrogen and oxygen atoms in total. The Kier molecular flexibility index (Phi) is 7.94. The Morgan fingerprint density at radius 3 is 2.14 bits per heavy atom. The lowest BCUT2D eigenvalue weighted by Gasteiger charge is -2.29. The fraction of sp³-hybridized carbons (Fsp3) is 0.379. The molecule has 0 spiro atoms. The van der Waals surface area contributed by atoms with E-state index >= 15 is 0 Å². The van der Waals surface area contributed by atoms with Crippen LogP contribution in [0.5, 0.6) is 0 Å². The Labute approximate surface area is 214 Å². The second kappa shape index (κ2) is 11.2. The number of rotatable bonds is 8. The summed E-state index contributed by atoms with van der Waals surface area (Å²) in [6.45, 7) is 0.356. The molecule has 2 fully saturated rings. The molecule has 1 aliphatic carbocycles. The highest BCUT2D eigenvalue weighted by Gasteiger charge is 2.31. The Hall–Kier alpha value is -2.34. The van der Waals surface area contributed by atoms with E-state index in [-0.39, 0.29) is 34.3 Å². The number of benzene rings is 3. The fourth-order valence-corrected chi connectivity index (χ4v) is 5.90. The lowest BCUT2D eigenvalue weighted by atomic mass is 9.76. The van der Waals surface area contributed by atoms with E-state index in [1.807, 2.05) is 0 Å². The molecule has 37 heavy (non-hydrogen) atoms. The Morgan fingerprint density at radius 2 is 1.46 bits per heavy atom. The first kappa shape index (κ1) is 26.3. The van der Waals surface area contributed by atoms with E-state index in [1.54, 1.807) is 18.2 Å². The molecule has 1 saturated carbocycles. The van der Waals surface area contributed by atoms with Crippen LogP contribution >= 0.6 is 8.81 Å². The van der Waals surface area contributed by atoms with Crippen molar-refractivity contribution in [3.63, 3.8) is 0 Å². The summed E-state index contributed by atoms with van der Waals surface area (Å²) in [5.41, 5.74) is 1.44. The van der Waals surface area contributed by atoms with Gasteiger partial charge in [-0.05, 0) is 73.1 Å². The van der Waals surface area contributed by atoms with Gasteiger partial charge in [-0.15, -0.1) is 0 Å². The van der Waals surface area contributed by atoms with Crippen molar-refractivity contribution >= 4 is 8.81 Å². The maximum atomic E-state index is 14.9. The van der Waals surface area contributed by atoms with Crippen LogP contribution in [-0.2, 0) is 17.3 Å². The molecule has 3 aromatic rings. The molecule has 2 aliphatic rings. The van der Waals surface area contributed by atoms with Crippen molar-refractivity contribution < 1.29 is 31.6 Å². The zero-order valence-corrected chi connectivity index (χ0v) is 21.2. The van der Waals surface area contributed by atoms with Gasteiger partial charge in [-0.25, -0.2) is 22.0 Å². The van der Waals surface area contributed by atoms with Crippen molar-refractivity contribution in [3.8, 4) is 11.1 Å². The molecule has 5 rings (SSSR count). The van der Waals surface area contributed by atoms with Crippen molar-refractivity contribution in [1.82, 2.24) is 0 Å². The lowest BCUT2D eigenvalue weighted by Crippen LogP contribution is -2.16. The molecule has 0 radical (unpaired) electrons. The van der Waals surface area contributed by atoms with Crippen LogP contribution in [-0.4, -0.2) is 11.5 Å². The van der Waals surface area contributed by atoms with E-state index in [1.165, 1.54) is 24.3 Å². The molecule has 0 bridgehead atoms. The summed E-state index contributed by atoms with van der Waals surface area (Å²) in [4.78, 5) is 9.03. The molecule has 1 aliphatic heterocycles. The summed E-state index contributed by atoms with van der Waals surface area (Å²) in [5.74, 6) is -3.98. The smallest absolute Gasteiger partial charge is 0.167 e. The zero-order chi connectivity index (χ0) is 26.1. The number of hydrogen-bond acceptors (Lipinski definition) is 2. The van der Waals surface area contributed by atoms with E-state index in [0.717, 1.165) is 37.7 Å². The lowest BCUT2D eigenvalue weighted by molar-refractivity contribution is 0.304. The molecule has 1 N–H and O–H groups in total. The summed E-state index contributed by atoms with van der Waals surface area (Å²) < 4.78 is 77.8. The number of ether oxygens (including phenoxy) is 1. The van der Waals surface area contributed by atoms with Crippen LogP contribution < -0.4 is 0 Å². The molecule has 3 aromatic carbocycles. The van der Waals surface area contributed by atoms with Gasteiger partial charge in [-0.2, -0.15) is 0 Å². The van der Waals surface area contributed by atoms with E-state index in [9.17, 15) is 22.0 Å². The predicted octanol–water partition coefficient (Wildman–Crippen LogP) is 8.11. The third-order valence-electron chi connectivity index (χ3n) is 7.71. The summed E-state index contributed by atoms with van der Waals surface area (Å²) in [6.07, 6.45) is 4.40. The summed E-state index contributed by atoms with van der Waals surface area (Å²) >= 11 is 0. The second-order valence-corrected chi connectivity index (χ2v) is 10.7. The first-order valence-corrected chi connectivity index (χ1v) is 13.7. The minimum atomic E-state index is -1.07. The highest BCUT2D eigenvalue weighted by atomic mass is 31.1. The quantitative estimate of drug-likeness (QED) is 0.180. The zero-order valence-electron chi connectivity index (χ0n) is 20.2. The minimum Gasteiger partial charge on any atom is -0.377 e. The van der Waals surface area contributed by atoms with Gasteiger partial charge in [0.25, 0.3) is 0 Å². The highest BCUT2D eigenvalue weighted by molar-refractivity contribution is 7.30. The van der Waals surface area contributed by atoms with Crippen LogP contribution in [0.15, 0.2) is 42.5 Å². The van der Waals surface area contributed by atoms with Crippen molar-refractivity contribution in [3.05, 3.63) is 93.8 Å². The minimum absolute atomic E-state index is 0.0173. The van der Waals surface area contributed by atoms with Crippen molar-refractivity contribution in [2.45, 2.75) is 56.7 Å². The van der Waals surface area contributed by atoms with Gasteiger partial charge in [-0.3, -0.25) is 0 Å². The SMILES string of the molecule is OPCc1ccc(C2CCC(CCc3ccc(-c4ccc(C5CO5)c(F)c4F)c(F)c3)CC2)c(F)c1F. The number of halogens is 5. The van der Waals surface area contributed by atoms with Crippen LogP contribution in [0.2, 0.25) is 0 Å². The van der Waals surface area contributed by atoms with Crippen molar-refractivity contribution in [2.24, 2.45) is 5.92 Å². The van der Waals surface area contributed by atoms with Crippen molar-refractivity contribution in [1.29, 1.82) is 0 Å². The number of hydrogen-bond donors (Lipinski definition) is 1. The molecule has 196 valence electrons. The number of epoxide rings is 1. The monoisotopic (exact) mass is 534 g/mol. The summed E-state index contributed by atoms with van der Waals surface area (Å²) in [7, 11) is -0.461. The third-order valence-corrected chi connectivity index (χ3v) is 8.24. The maximum Gasteiger partial charge on any atom is 0.167 e. The molecular weight excluding hydrogens is 506 g/mol. The van der Waals surface area contributed by atoms with Gasteiger partial charge in [-0.1, -0.05) is 36.4 Å². The van der Waals surface area contributed by atoms with Gasteiger partial charge in [0, 0.05) is 31.7 Å². The predicted molar refractivity (Wildman–Crippen MR) is 134 cm³/mol. The molecule has 2 unspecified atom stereocenters. The molecule has 0 aromatic heterocycles. The molecule has 1 saturated heterocycles. The Bertz CT molecular complexity index is 1290. The molecule has 0 amide bonds. The molecule has 8 heteroatoms. The van der Waals surface area contributed by atoms with Crippen LogP contribution in [0.3, 0.4) is 0 Å². The largest absolute Gasteiger partial charge is 0.377 e. The molecule has 1 heterocycles. The van der Waals surface area contributed by atoms with Gasteiger partial charge < -0.3 is 9.63 Å². The average molecular weight is 535 g/mol.